The maximum absolute atomic E-state index is 12.6. The van der Waals surface area contributed by atoms with Crippen LogP contribution in [-0.4, -0.2) is 4.98 Å². The number of rotatable bonds is 4. The number of alkyl halides is 3. The Morgan fingerprint density at radius 2 is 1.56 bits per heavy atom. The maximum atomic E-state index is 12.6. The molecule has 1 aromatic heterocycles. The Labute approximate surface area is 147 Å². The third-order valence-electron chi connectivity index (χ3n) is 3.26. The summed E-state index contributed by atoms with van der Waals surface area (Å²) in [4.78, 5) is 3.74. The number of aromatic nitrogens is 1. The minimum atomic E-state index is -4.48. The fourth-order valence-electron chi connectivity index (χ4n) is 2.05. The average molecular weight is 365 g/mol. The number of para-hydroxylation sites is 1. The van der Waals surface area contributed by atoms with E-state index in [0.29, 0.717) is 17.2 Å². The van der Waals surface area contributed by atoms with E-state index in [4.69, 9.17) is 16.3 Å². The summed E-state index contributed by atoms with van der Waals surface area (Å²) in [6, 6.07) is 17.0. The summed E-state index contributed by atoms with van der Waals surface area (Å²) in [5, 5.41) is 2.76. The highest BCUT2D eigenvalue weighted by Crippen LogP contribution is 2.33. The van der Waals surface area contributed by atoms with Crippen LogP contribution in [0.2, 0.25) is 5.02 Å². The minimum absolute atomic E-state index is 0.112. The summed E-state index contributed by atoms with van der Waals surface area (Å²) < 4.78 is 43.5. The van der Waals surface area contributed by atoms with Crippen molar-refractivity contribution < 1.29 is 17.9 Å². The zero-order chi connectivity index (χ0) is 17.9. The molecule has 3 nitrogen and oxygen atoms in total. The SMILES string of the molecule is FC(F)(F)c1cnc(Nc2ccc(Oc3ccccc3)cc2)c(Cl)c1. The fourth-order valence-corrected chi connectivity index (χ4v) is 2.27. The Kier molecular flexibility index (Phi) is 4.81. The highest BCUT2D eigenvalue weighted by molar-refractivity contribution is 6.33. The van der Waals surface area contributed by atoms with Gasteiger partial charge in [0.1, 0.15) is 17.3 Å². The largest absolute Gasteiger partial charge is 0.457 e. The average Bonchev–Trinajstić information content (AvgIpc) is 2.58. The molecule has 2 aromatic carbocycles. The predicted octanol–water partition coefficient (Wildman–Crippen LogP) is 6.29. The van der Waals surface area contributed by atoms with Gasteiger partial charge in [-0.3, -0.25) is 0 Å². The molecule has 0 amide bonds. The van der Waals surface area contributed by atoms with E-state index in [1.165, 1.54) is 0 Å². The van der Waals surface area contributed by atoms with Gasteiger partial charge in [-0.1, -0.05) is 29.8 Å². The summed E-state index contributed by atoms with van der Waals surface area (Å²) in [5.74, 6) is 1.48. The van der Waals surface area contributed by atoms with Gasteiger partial charge in [-0.15, -0.1) is 0 Å². The molecule has 128 valence electrons. The van der Waals surface area contributed by atoms with Crippen molar-refractivity contribution in [3.8, 4) is 11.5 Å². The van der Waals surface area contributed by atoms with Crippen molar-refractivity contribution >= 4 is 23.1 Å². The van der Waals surface area contributed by atoms with Crippen LogP contribution in [0.1, 0.15) is 5.56 Å². The Balaban J connectivity index is 1.71. The molecule has 25 heavy (non-hydrogen) atoms. The van der Waals surface area contributed by atoms with E-state index in [1.54, 1.807) is 24.3 Å². The Morgan fingerprint density at radius 3 is 2.16 bits per heavy atom. The van der Waals surface area contributed by atoms with Gasteiger partial charge in [0.15, 0.2) is 0 Å². The Bertz CT molecular complexity index is 852. The van der Waals surface area contributed by atoms with E-state index in [2.05, 4.69) is 10.3 Å². The van der Waals surface area contributed by atoms with Crippen molar-refractivity contribution in [3.05, 3.63) is 77.4 Å². The number of ether oxygens (including phenoxy) is 1. The van der Waals surface area contributed by atoms with Crippen LogP contribution in [0.4, 0.5) is 24.7 Å². The van der Waals surface area contributed by atoms with Gasteiger partial charge in [0.2, 0.25) is 0 Å². The molecule has 0 atom stereocenters. The van der Waals surface area contributed by atoms with Crippen molar-refractivity contribution in [2.24, 2.45) is 0 Å². The molecule has 1 heterocycles. The Morgan fingerprint density at radius 1 is 0.920 bits per heavy atom. The van der Waals surface area contributed by atoms with E-state index in [-0.39, 0.29) is 10.8 Å². The number of halogens is 4. The molecule has 3 aromatic rings. The smallest absolute Gasteiger partial charge is 0.417 e. The second kappa shape index (κ2) is 7.03. The van der Waals surface area contributed by atoms with Crippen molar-refractivity contribution in [1.82, 2.24) is 4.98 Å². The molecule has 0 radical (unpaired) electrons. The molecule has 0 aliphatic carbocycles. The van der Waals surface area contributed by atoms with Gasteiger partial charge in [0.25, 0.3) is 0 Å². The molecule has 0 aliphatic heterocycles. The standard InChI is InChI=1S/C18H12ClF3N2O/c19-16-10-12(18(20,21)22)11-23-17(16)24-13-6-8-15(9-7-13)25-14-4-2-1-3-5-14/h1-11H,(H,23,24). The van der Waals surface area contributed by atoms with Crippen LogP contribution in [0.3, 0.4) is 0 Å². The van der Waals surface area contributed by atoms with Crippen LogP contribution in [0, 0.1) is 0 Å². The summed E-state index contributed by atoms with van der Waals surface area (Å²) >= 11 is 5.87. The van der Waals surface area contributed by atoms with Gasteiger partial charge in [-0.25, -0.2) is 4.98 Å². The first-order valence-corrected chi connectivity index (χ1v) is 7.62. The van der Waals surface area contributed by atoms with Gasteiger partial charge in [-0.05, 0) is 42.5 Å². The zero-order valence-corrected chi connectivity index (χ0v) is 13.5. The monoisotopic (exact) mass is 364 g/mol. The van der Waals surface area contributed by atoms with Gasteiger partial charge < -0.3 is 10.1 Å². The lowest BCUT2D eigenvalue weighted by molar-refractivity contribution is -0.137. The highest BCUT2D eigenvalue weighted by Gasteiger charge is 2.31. The first kappa shape index (κ1) is 17.1. The number of benzene rings is 2. The molecule has 1 N–H and O–H groups in total. The first-order chi connectivity index (χ1) is 11.9. The van der Waals surface area contributed by atoms with Gasteiger partial charge in [0, 0.05) is 11.9 Å². The number of hydrogen-bond acceptors (Lipinski definition) is 3. The molecule has 0 saturated carbocycles. The van der Waals surface area contributed by atoms with E-state index >= 15 is 0 Å². The van der Waals surface area contributed by atoms with E-state index < -0.39 is 11.7 Å². The van der Waals surface area contributed by atoms with E-state index in [9.17, 15) is 13.2 Å². The molecular formula is C18H12ClF3N2O. The maximum Gasteiger partial charge on any atom is 0.417 e. The van der Waals surface area contributed by atoms with Crippen LogP contribution >= 0.6 is 11.6 Å². The van der Waals surface area contributed by atoms with Crippen LogP contribution in [-0.2, 0) is 6.18 Å². The quantitative estimate of drug-likeness (QED) is 0.590. The first-order valence-electron chi connectivity index (χ1n) is 7.24. The second-order valence-corrected chi connectivity index (χ2v) is 5.52. The van der Waals surface area contributed by atoms with E-state index in [1.807, 2.05) is 30.3 Å². The fraction of sp³-hybridized carbons (Fsp3) is 0.0556. The molecule has 0 aliphatic rings. The molecule has 3 rings (SSSR count). The number of pyridine rings is 1. The molecular weight excluding hydrogens is 353 g/mol. The van der Waals surface area contributed by atoms with E-state index in [0.717, 1.165) is 12.3 Å². The van der Waals surface area contributed by atoms with Crippen LogP contribution in [0.15, 0.2) is 66.9 Å². The molecule has 0 spiro atoms. The molecule has 0 unspecified atom stereocenters. The second-order valence-electron chi connectivity index (χ2n) is 5.12. The zero-order valence-electron chi connectivity index (χ0n) is 12.7. The van der Waals surface area contributed by atoms with Gasteiger partial charge in [0.05, 0.1) is 10.6 Å². The predicted molar refractivity (Wildman–Crippen MR) is 90.5 cm³/mol. The molecule has 0 fully saturated rings. The molecule has 0 bridgehead atoms. The third-order valence-corrected chi connectivity index (χ3v) is 3.55. The van der Waals surface area contributed by atoms with Crippen LogP contribution in [0.5, 0.6) is 11.5 Å². The minimum Gasteiger partial charge on any atom is -0.457 e. The summed E-state index contributed by atoms with van der Waals surface area (Å²) in [7, 11) is 0. The van der Waals surface area contributed by atoms with Crippen molar-refractivity contribution in [1.29, 1.82) is 0 Å². The number of hydrogen-bond donors (Lipinski definition) is 1. The normalized spacial score (nSPS) is 11.2. The van der Waals surface area contributed by atoms with Gasteiger partial charge >= 0.3 is 6.18 Å². The van der Waals surface area contributed by atoms with Crippen LogP contribution in [0.25, 0.3) is 0 Å². The van der Waals surface area contributed by atoms with Crippen molar-refractivity contribution in [2.45, 2.75) is 6.18 Å². The van der Waals surface area contributed by atoms with Crippen molar-refractivity contribution in [2.75, 3.05) is 5.32 Å². The highest BCUT2D eigenvalue weighted by atomic mass is 35.5. The number of nitrogens with zero attached hydrogens (tertiary/aromatic N) is 1. The Hall–Kier alpha value is -2.73. The lowest BCUT2D eigenvalue weighted by Crippen LogP contribution is -2.06. The number of anilines is 2. The number of nitrogens with one attached hydrogen (secondary N) is 1. The lowest BCUT2D eigenvalue weighted by Gasteiger charge is -2.11. The topological polar surface area (TPSA) is 34.2 Å². The molecule has 0 saturated heterocycles. The van der Waals surface area contributed by atoms with Gasteiger partial charge in [-0.2, -0.15) is 13.2 Å². The summed E-state index contributed by atoms with van der Waals surface area (Å²) in [6.45, 7) is 0. The third kappa shape index (κ3) is 4.42. The molecule has 7 heteroatoms. The van der Waals surface area contributed by atoms with Crippen LogP contribution < -0.4 is 10.1 Å². The summed E-state index contributed by atoms with van der Waals surface area (Å²) in [6.07, 6.45) is -3.74. The summed E-state index contributed by atoms with van der Waals surface area (Å²) in [5.41, 5.74) is -0.274. The lowest BCUT2D eigenvalue weighted by atomic mass is 10.2. The van der Waals surface area contributed by atoms with Crippen molar-refractivity contribution in [3.63, 3.8) is 0 Å².